The van der Waals surface area contributed by atoms with E-state index in [1.165, 1.54) is 0 Å². The second kappa shape index (κ2) is 4.22. The highest BCUT2D eigenvalue weighted by Crippen LogP contribution is 2.17. The van der Waals surface area contributed by atoms with Gasteiger partial charge in [0.15, 0.2) is 0 Å². The van der Waals surface area contributed by atoms with Gasteiger partial charge in [0.2, 0.25) is 0 Å². The Morgan fingerprint density at radius 1 is 1.50 bits per heavy atom. The van der Waals surface area contributed by atoms with Crippen LogP contribution in [0.2, 0.25) is 0 Å². The molecule has 0 saturated heterocycles. The summed E-state index contributed by atoms with van der Waals surface area (Å²) in [6, 6.07) is 8.10. The number of rotatable bonds is 3. The summed E-state index contributed by atoms with van der Waals surface area (Å²) in [5.41, 5.74) is 7.81. The first-order chi connectivity index (χ1) is 7.59. The lowest BCUT2D eigenvalue weighted by Gasteiger charge is -2.12. The van der Waals surface area contributed by atoms with Crippen LogP contribution >= 0.6 is 12.2 Å². The quantitative estimate of drug-likeness (QED) is 0.827. The van der Waals surface area contributed by atoms with Crippen molar-refractivity contribution in [1.29, 1.82) is 0 Å². The molecule has 1 heterocycles. The molecule has 1 unspecified atom stereocenters. The molecule has 3 nitrogen and oxygen atoms in total. The SMILES string of the molecule is Cc1nc2ccccc2n1CC(C)C(N)=S. The van der Waals surface area contributed by atoms with E-state index >= 15 is 0 Å². The van der Waals surface area contributed by atoms with Crippen molar-refractivity contribution in [2.45, 2.75) is 20.4 Å². The molecular formula is C12H15N3S. The van der Waals surface area contributed by atoms with Gasteiger partial charge in [-0.15, -0.1) is 0 Å². The van der Waals surface area contributed by atoms with E-state index < -0.39 is 0 Å². The minimum atomic E-state index is 0.186. The van der Waals surface area contributed by atoms with Crippen LogP contribution in [0.5, 0.6) is 0 Å². The number of aromatic nitrogens is 2. The van der Waals surface area contributed by atoms with Crippen LogP contribution in [0.15, 0.2) is 24.3 Å². The number of hydrogen-bond acceptors (Lipinski definition) is 2. The number of benzene rings is 1. The Balaban J connectivity index is 2.43. The van der Waals surface area contributed by atoms with Gasteiger partial charge in [-0.1, -0.05) is 31.3 Å². The summed E-state index contributed by atoms with van der Waals surface area (Å²) in [5, 5.41) is 0. The van der Waals surface area contributed by atoms with Gasteiger partial charge in [-0.05, 0) is 19.1 Å². The molecule has 16 heavy (non-hydrogen) atoms. The summed E-state index contributed by atoms with van der Waals surface area (Å²) < 4.78 is 2.17. The maximum Gasteiger partial charge on any atom is 0.106 e. The van der Waals surface area contributed by atoms with Gasteiger partial charge in [0.1, 0.15) is 5.82 Å². The highest BCUT2D eigenvalue weighted by molar-refractivity contribution is 7.80. The molecule has 0 aliphatic heterocycles. The number of thiocarbonyl (C=S) groups is 1. The zero-order chi connectivity index (χ0) is 11.7. The monoisotopic (exact) mass is 233 g/mol. The summed E-state index contributed by atoms with van der Waals surface area (Å²) >= 11 is 5.00. The van der Waals surface area contributed by atoms with Crippen LogP contribution in [0.4, 0.5) is 0 Å². The fourth-order valence-electron chi connectivity index (χ4n) is 1.79. The molecule has 0 radical (unpaired) electrons. The van der Waals surface area contributed by atoms with Crippen molar-refractivity contribution in [3.63, 3.8) is 0 Å². The molecule has 0 aliphatic rings. The highest BCUT2D eigenvalue weighted by atomic mass is 32.1. The van der Waals surface area contributed by atoms with Gasteiger partial charge >= 0.3 is 0 Å². The van der Waals surface area contributed by atoms with E-state index in [-0.39, 0.29) is 5.92 Å². The Hall–Kier alpha value is -1.42. The molecule has 0 fully saturated rings. The molecule has 1 aromatic heterocycles. The van der Waals surface area contributed by atoms with Crippen molar-refractivity contribution in [1.82, 2.24) is 9.55 Å². The van der Waals surface area contributed by atoms with Gasteiger partial charge in [-0.2, -0.15) is 0 Å². The number of aryl methyl sites for hydroxylation is 1. The van der Waals surface area contributed by atoms with Crippen LogP contribution in [0.25, 0.3) is 11.0 Å². The Bertz CT molecular complexity index is 530. The fourth-order valence-corrected chi connectivity index (χ4v) is 1.86. The molecule has 1 aromatic carbocycles. The second-order valence-corrected chi connectivity index (χ2v) is 4.53. The summed E-state index contributed by atoms with van der Waals surface area (Å²) in [5.74, 6) is 1.19. The van der Waals surface area contributed by atoms with E-state index in [1.807, 2.05) is 32.0 Å². The Morgan fingerprint density at radius 3 is 2.88 bits per heavy atom. The normalized spacial score (nSPS) is 12.9. The summed E-state index contributed by atoms with van der Waals surface area (Å²) in [7, 11) is 0. The van der Waals surface area contributed by atoms with Crippen LogP contribution in [0, 0.1) is 12.8 Å². The fraction of sp³-hybridized carbons (Fsp3) is 0.333. The summed E-state index contributed by atoms with van der Waals surface area (Å²) in [6.45, 7) is 4.84. The smallest absolute Gasteiger partial charge is 0.106 e. The van der Waals surface area contributed by atoms with Gasteiger partial charge < -0.3 is 10.3 Å². The Morgan fingerprint density at radius 2 is 2.19 bits per heavy atom. The van der Waals surface area contributed by atoms with Crippen LogP contribution in [0.1, 0.15) is 12.7 Å². The number of hydrogen-bond donors (Lipinski definition) is 1. The van der Waals surface area contributed by atoms with Crippen LogP contribution in [-0.2, 0) is 6.54 Å². The average molecular weight is 233 g/mol. The predicted molar refractivity (Wildman–Crippen MR) is 70.4 cm³/mol. The molecule has 0 saturated carbocycles. The Kier molecular flexibility index (Phi) is 2.92. The van der Waals surface area contributed by atoms with Crippen LogP contribution in [-0.4, -0.2) is 14.5 Å². The van der Waals surface area contributed by atoms with Crippen molar-refractivity contribution >= 4 is 28.2 Å². The third-order valence-electron chi connectivity index (χ3n) is 2.79. The molecule has 0 aliphatic carbocycles. The van der Waals surface area contributed by atoms with Gasteiger partial charge in [0, 0.05) is 12.5 Å². The first kappa shape index (κ1) is 11.1. The second-order valence-electron chi connectivity index (χ2n) is 4.06. The third kappa shape index (κ3) is 1.93. The third-order valence-corrected chi connectivity index (χ3v) is 3.19. The molecule has 1 atom stereocenters. The average Bonchev–Trinajstić information content (AvgIpc) is 2.55. The number of nitrogens with two attached hydrogens (primary N) is 1. The van der Waals surface area contributed by atoms with Gasteiger partial charge in [0.25, 0.3) is 0 Å². The molecule has 2 N–H and O–H groups in total. The lowest BCUT2D eigenvalue weighted by Crippen LogP contribution is -2.23. The summed E-state index contributed by atoms with van der Waals surface area (Å²) in [6.07, 6.45) is 0. The number of fused-ring (bicyclic) bond motifs is 1. The standard InChI is InChI=1S/C12H15N3S/c1-8(12(13)16)7-15-9(2)14-10-5-3-4-6-11(10)15/h3-6,8H,7H2,1-2H3,(H2,13,16). The van der Waals surface area contributed by atoms with Crippen LogP contribution in [0.3, 0.4) is 0 Å². The largest absolute Gasteiger partial charge is 0.393 e. The van der Waals surface area contributed by atoms with E-state index in [1.54, 1.807) is 0 Å². The molecule has 0 bridgehead atoms. The maximum atomic E-state index is 5.64. The number of para-hydroxylation sites is 2. The number of imidazole rings is 1. The first-order valence-corrected chi connectivity index (χ1v) is 5.71. The lowest BCUT2D eigenvalue weighted by molar-refractivity contribution is 0.598. The molecule has 4 heteroatoms. The van der Waals surface area contributed by atoms with Crippen molar-refractivity contribution in [2.24, 2.45) is 11.7 Å². The van der Waals surface area contributed by atoms with Gasteiger partial charge in [-0.25, -0.2) is 4.98 Å². The van der Waals surface area contributed by atoms with Gasteiger partial charge in [0.05, 0.1) is 16.0 Å². The minimum Gasteiger partial charge on any atom is -0.393 e. The minimum absolute atomic E-state index is 0.186. The first-order valence-electron chi connectivity index (χ1n) is 5.31. The molecule has 2 aromatic rings. The van der Waals surface area contributed by atoms with Gasteiger partial charge in [-0.3, -0.25) is 0 Å². The van der Waals surface area contributed by atoms with Crippen molar-refractivity contribution in [2.75, 3.05) is 0 Å². The lowest BCUT2D eigenvalue weighted by atomic mass is 10.2. The van der Waals surface area contributed by atoms with Crippen molar-refractivity contribution < 1.29 is 0 Å². The molecule has 0 amide bonds. The maximum absolute atomic E-state index is 5.64. The zero-order valence-electron chi connectivity index (χ0n) is 9.47. The van der Waals surface area contributed by atoms with E-state index in [9.17, 15) is 0 Å². The molecule has 2 rings (SSSR count). The van der Waals surface area contributed by atoms with Crippen molar-refractivity contribution in [3.05, 3.63) is 30.1 Å². The molecule has 0 spiro atoms. The van der Waals surface area contributed by atoms with E-state index in [4.69, 9.17) is 18.0 Å². The molecule has 84 valence electrons. The predicted octanol–water partition coefficient (Wildman–Crippen LogP) is 2.27. The molecular weight excluding hydrogens is 218 g/mol. The van der Waals surface area contributed by atoms with E-state index in [0.29, 0.717) is 4.99 Å². The van der Waals surface area contributed by atoms with Crippen molar-refractivity contribution in [3.8, 4) is 0 Å². The zero-order valence-corrected chi connectivity index (χ0v) is 10.3. The summed E-state index contributed by atoms with van der Waals surface area (Å²) in [4.78, 5) is 5.06. The topological polar surface area (TPSA) is 43.8 Å². The van der Waals surface area contributed by atoms with Crippen LogP contribution < -0.4 is 5.73 Å². The van der Waals surface area contributed by atoms with E-state index in [2.05, 4.69) is 15.6 Å². The van der Waals surface area contributed by atoms with E-state index in [0.717, 1.165) is 23.4 Å². The highest BCUT2D eigenvalue weighted by Gasteiger charge is 2.11. The Labute approximate surface area is 100 Å². The number of nitrogens with zero attached hydrogens (tertiary/aromatic N) is 2.